The highest BCUT2D eigenvalue weighted by Gasteiger charge is 2.26. The van der Waals surface area contributed by atoms with Gasteiger partial charge in [-0.25, -0.2) is 17.6 Å². The van der Waals surface area contributed by atoms with Gasteiger partial charge < -0.3 is 5.11 Å². The summed E-state index contributed by atoms with van der Waals surface area (Å²) in [5.41, 5.74) is -0.226. The Morgan fingerprint density at radius 2 is 1.81 bits per heavy atom. The second kappa shape index (κ2) is 5.53. The van der Waals surface area contributed by atoms with E-state index in [1.165, 1.54) is 49.5 Å². The summed E-state index contributed by atoms with van der Waals surface area (Å²) in [6.45, 7) is 0. The van der Waals surface area contributed by atoms with Gasteiger partial charge in [0.15, 0.2) is 0 Å². The lowest BCUT2D eigenvalue weighted by molar-refractivity contribution is 0.0692. The Bertz CT molecular complexity index is 789. The highest BCUT2D eigenvalue weighted by Crippen LogP contribution is 2.24. The molecule has 2 rings (SSSR count). The van der Waals surface area contributed by atoms with Gasteiger partial charge in [-0.1, -0.05) is 18.2 Å². The molecule has 0 saturated heterocycles. The number of hydrogen-bond donors (Lipinski definition) is 1. The average molecular weight is 309 g/mol. The molecule has 2 aromatic carbocycles. The van der Waals surface area contributed by atoms with E-state index in [-0.39, 0.29) is 16.1 Å². The molecule has 110 valence electrons. The first-order valence-electron chi connectivity index (χ1n) is 5.91. The molecule has 0 fully saturated rings. The zero-order valence-electron chi connectivity index (χ0n) is 11.0. The highest BCUT2D eigenvalue weighted by atomic mass is 32.2. The van der Waals surface area contributed by atoms with Gasteiger partial charge in [0.1, 0.15) is 10.7 Å². The Labute approximate surface area is 121 Å². The molecule has 1 N–H and O–H groups in total. The van der Waals surface area contributed by atoms with Crippen molar-refractivity contribution in [2.45, 2.75) is 4.90 Å². The largest absolute Gasteiger partial charge is 0.478 e. The molecule has 5 nitrogen and oxygen atoms in total. The molecular weight excluding hydrogens is 297 g/mol. The van der Waals surface area contributed by atoms with Crippen molar-refractivity contribution in [2.24, 2.45) is 0 Å². The van der Waals surface area contributed by atoms with Crippen molar-refractivity contribution in [3.63, 3.8) is 0 Å². The van der Waals surface area contributed by atoms with Crippen LogP contribution in [0, 0.1) is 5.82 Å². The third-order valence-corrected chi connectivity index (χ3v) is 4.77. The van der Waals surface area contributed by atoms with Crippen LogP contribution in [-0.4, -0.2) is 26.5 Å². The number of carboxylic acids is 1. The summed E-state index contributed by atoms with van der Waals surface area (Å²) in [6.07, 6.45) is 0. The molecule has 0 unspecified atom stereocenters. The standard InChI is InChI=1S/C14H12FNO4S/c1-16(11-6-4-5-10(15)9-11)21(19,20)13-8-3-2-7-12(13)14(17)18/h2-9H,1H3,(H,17,18). The molecule has 0 radical (unpaired) electrons. The number of carbonyl (C=O) groups is 1. The number of rotatable bonds is 4. The zero-order chi connectivity index (χ0) is 15.6. The van der Waals surface area contributed by atoms with Crippen LogP contribution >= 0.6 is 0 Å². The molecule has 0 amide bonds. The molecule has 2 aromatic rings. The predicted molar refractivity (Wildman–Crippen MR) is 75.4 cm³/mol. The average Bonchev–Trinajstić information content (AvgIpc) is 2.46. The summed E-state index contributed by atoms with van der Waals surface area (Å²) in [7, 11) is -2.86. The molecule has 0 aromatic heterocycles. The van der Waals surface area contributed by atoms with Crippen molar-refractivity contribution in [2.75, 3.05) is 11.4 Å². The second-order valence-corrected chi connectivity index (χ2v) is 6.19. The van der Waals surface area contributed by atoms with Crippen molar-refractivity contribution >= 4 is 21.7 Å². The van der Waals surface area contributed by atoms with Crippen molar-refractivity contribution < 1.29 is 22.7 Å². The lowest BCUT2D eigenvalue weighted by Gasteiger charge is -2.20. The van der Waals surface area contributed by atoms with Crippen molar-refractivity contribution in [1.29, 1.82) is 0 Å². The van der Waals surface area contributed by atoms with E-state index >= 15 is 0 Å². The SMILES string of the molecule is CN(c1cccc(F)c1)S(=O)(=O)c1ccccc1C(=O)O. The van der Waals surface area contributed by atoms with Crippen LogP contribution in [0.5, 0.6) is 0 Å². The predicted octanol–water partition coefficient (Wildman–Crippen LogP) is 2.35. The maximum absolute atomic E-state index is 13.2. The minimum absolute atomic E-state index is 0.107. The topological polar surface area (TPSA) is 74.7 Å². The number of aromatic carboxylic acids is 1. The Balaban J connectivity index is 2.55. The molecule has 0 atom stereocenters. The number of anilines is 1. The second-order valence-electron chi connectivity index (χ2n) is 4.25. The van der Waals surface area contributed by atoms with Crippen LogP contribution < -0.4 is 4.31 Å². The van der Waals surface area contributed by atoms with Crippen LogP contribution in [-0.2, 0) is 10.0 Å². The van der Waals surface area contributed by atoms with E-state index in [0.29, 0.717) is 0 Å². The Hall–Kier alpha value is -2.41. The minimum Gasteiger partial charge on any atom is -0.478 e. The van der Waals surface area contributed by atoms with Crippen LogP contribution in [0.4, 0.5) is 10.1 Å². The van der Waals surface area contributed by atoms with Gasteiger partial charge in [0.05, 0.1) is 11.3 Å². The van der Waals surface area contributed by atoms with Crippen LogP contribution in [0.3, 0.4) is 0 Å². The van der Waals surface area contributed by atoms with Gasteiger partial charge in [-0.05, 0) is 30.3 Å². The van der Waals surface area contributed by atoms with E-state index in [1.54, 1.807) is 0 Å². The number of carboxylic acid groups (broad SMARTS) is 1. The fourth-order valence-electron chi connectivity index (χ4n) is 1.83. The first-order chi connectivity index (χ1) is 9.84. The van der Waals surface area contributed by atoms with Crippen LogP contribution in [0.2, 0.25) is 0 Å². The van der Waals surface area contributed by atoms with E-state index < -0.39 is 21.8 Å². The molecule has 0 heterocycles. The minimum atomic E-state index is -4.10. The highest BCUT2D eigenvalue weighted by molar-refractivity contribution is 7.92. The van der Waals surface area contributed by atoms with Crippen LogP contribution in [0.1, 0.15) is 10.4 Å². The van der Waals surface area contributed by atoms with Gasteiger partial charge in [-0.2, -0.15) is 0 Å². The van der Waals surface area contributed by atoms with Crippen molar-refractivity contribution in [1.82, 2.24) is 0 Å². The number of halogens is 1. The fraction of sp³-hybridized carbons (Fsp3) is 0.0714. The summed E-state index contributed by atoms with van der Waals surface area (Å²) < 4.78 is 39.1. The maximum atomic E-state index is 13.2. The van der Waals surface area contributed by atoms with E-state index in [2.05, 4.69) is 0 Å². The molecular formula is C14H12FNO4S. The maximum Gasteiger partial charge on any atom is 0.337 e. The molecule has 0 spiro atoms. The van der Waals surface area contributed by atoms with Crippen LogP contribution in [0.15, 0.2) is 53.4 Å². The van der Waals surface area contributed by atoms with Gasteiger partial charge in [0.25, 0.3) is 10.0 Å². The number of hydrogen-bond acceptors (Lipinski definition) is 3. The summed E-state index contributed by atoms with van der Waals surface area (Å²) >= 11 is 0. The van der Waals surface area contributed by atoms with Gasteiger partial charge in [-0.3, -0.25) is 4.31 Å². The lowest BCUT2D eigenvalue weighted by Crippen LogP contribution is -2.28. The molecule has 0 aliphatic carbocycles. The van der Waals surface area contributed by atoms with E-state index in [4.69, 9.17) is 5.11 Å². The number of sulfonamides is 1. The van der Waals surface area contributed by atoms with E-state index in [0.717, 1.165) is 10.4 Å². The first-order valence-corrected chi connectivity index (χ1v) is 7.35. The number of nitrogens with zero attached hydrogens (tertiary/aromatic N) is 1. The molecule has 21 heavy (non-hydrogen) atoms. The van der Waals surface area contributed by atoms with E-state index in [9.17, 15) is 17.6 Å². The van der Waals surface area contributed by atoms with Gasteiger partial charge in [-0.15, -0.1) is 0 Å². The molecule has 0 aliphatic heterocycles. The fourth-order valence-corrected chi connectivity index (χ4v) is 3.20. The zero-order valence-corrected chi connectivity index (χ0v) is 11.8. The normalized spacial score (nSPS) is 11.1. The van der Waals surface area contributed by atoms with Crippen molar-refractivity contribution in [3.05, 3.63) is 59.9 Å². The van der Waals surface area contributed by atoms with Gasteiger partial charge in [0.2, 0.25) is 0 Å². The number of benzene rings is 2. The smallest absolute Gasteiger partial charge is 0.337 e. The first kappa shape index (κ1) is 15.0. The third kappa shape index (κ3) is 2.87. The molecule has 0 bridgehead atoms. The third-order valence-electron chi connectivity index (χ3n) is 2.93. The summed E-state index contributed by atoms with van der Waals surface area (Å²) in [6, 6.07) is 10.3. The van der Waals surface area contributed by atoms with E-state index in [1.807, 2.05) is 0 Å². The lowest BCUT2D eigenvalue weighted by atomic mass is 10.2. The van der Waals surface area contributed by atoms with Crippen LogP contribution in [0.25, 0.3) is 0 Å². The Kier molecular flexibility index (Phi) is 3.95. The summed E-state index contributed by atoms with van der Waals surface area (Å²) in [4.78, 5) is 10.8. The Morgan fingerprint density at radius 3 is 2.43 bits per heavy atom. The van der Waals surface area contributed by atoms with Gasteiger partial charge >= 0.3 is 5.97 Å². The quantitative estimate of drug-likeness (QED) is 0.940. The monoisotopic (exact) mass is 309 g/mol. The summed E-state index contributed by atoms with van der Waals surface area (Å²) in [5.74, 6) is -1.93. The molecule has 7 heteroatoms. The molecule has 0 saturated carbocycles. The summed E-state index contributed by atoms with van der Waals surface area (Å²) in [5, 5.41) is 9.08. The Morgan fingerprint density at radius 1 is 1.14 bits per heavy atom. The molecule has 0 aliphatic rings. The van der Waals surface area contributed by atoms with Gasteiger partial charge in [0, 0.05) is 7.05 Å². The van der Waals surface area contributed by atoms with Crippen molar-refractivity contribution in [3.8, 4) is 0 Å².